The molecule has 8 heteroatoms. The first-order valence-electron chi connectivity index (χ1n) is 11.7. The maximum absolute atomic E-state index is 12.9. The highest BCUT2D eigenvalue weighted by Crippen LogP contribution is 2.20. The van der Waals surface area contributed by atoms with Gasteiger partial charge in [-0.3, -0.25) is 4.79 Å². The minimum atomic E-state index is -3.63. The average molecular weight is 491 g/mol. The van der Waals surface area contributed by atoms with Gasteiger partial charge in [0.1, 0.15) is 0 Å². The van der Waals surface area contributed by atoms with Crippen molar-refractivity contribution in [2.24, 2.45) is 0 Å². The largest absolute Gasteiger partial charge is 0.348 e. The van der Waals surface area contributed by atoms with Crippen LogP contribution in [0.5, 0.6) is 0 Å². The zero-order valence-corrected chi connectivity index (χ0v) is 21.0. The fourth-order valence-electron chi connectivity index (χ4n) is 4.09. The van der Waals surface area contributed by atoms with Crippen LogP contribution in [0.3, 0.4) is 0 Å². The van der Waals surface area contributed by atoms with Crippen LogP contribution in [0.15, 0.2) is 78.0 Å². The standard InChI is InChI=1S/C27H30N4O3S/c1-4-31(5-2)35(33,34)23-15-10-20(3)24(16-23)27(32)28-17-21-11-13-22(14-12-21)18-30-19-29-25-8-6-7-9-26(25)30/h6-16,19H,4-5,17-18H2,1-3H3,(H,28,32). The lowest BCUT2D eigenvalue weighted by atomic mass is 10.1. The molecule has 1 amide bonds. The smallest absolute Gasteiger partial charge is 0.251 e. The van der Waals surface area contributed by atoms with E-state index in [4.69, 9.17) is 0 Å². The van der Waals surface area contributed by atoms with E-state index in [1.54, 1.807) is 32.9 Å². The molecule has 0 aliphatic heterocycles. The maximum Gasteiger partial charge on any atom is 0.251 e. The molecular weight excluding hydrogens is 460 g/mol. The molecule has 3 aromatic carbocycles. The van der Waals surface area contributed by atoms with E-state index in [0.717, 1.165) is 27.7 Å². The topological polar surface area (TPSA) is 84.3 Å². The molecule has 0 fully saturated rings. The number of carbonyl (C=O) groups is 1. The number of nitrogens with one attached hydrogen (secondary N) is 1. The zero-order chi connectivity index (χ0) is 25.0. The molecule has 35 heavy (non-hydrogen) atoms. The van der Waals surface area contributed by atoms with E-state index in [-0.39, 0.29) is 10.8 Å². The fraction of sp³-hybridized carbons (Fsp3) is 0.259. The molecule has 0 radical (unpaired) electrons. The van der Waals surface area contributed by atoms with Gasteiger partial charge in [-0.2, -0.15) is 4.31 Å². The van der Waals surface area contributed by atoms with Crippen LogP contribution in [0, 0.1) is 6.92 Å². The number of carbonyl (C=O) groups excluding carboxylic acids is 1. The molecule has 0 atom stereocenters. The Morgan fingerprint density at radius 3 is 2.37 bits per heavy atom. The van der Waals surface area contributed by atoms with Crippen LogP contribution >= 0.6 is 0 Å². The number of imidazole rings is 1. The van der Waals surface area contributed by atoms with Gasteiger partial charge in [-0.25, -0.2) is 13.4 Å². The Hall–Kier alpha value is -3.49. The molecule has 1 heterocycles. The summed E-state index contributed by atoms with van der Waals surface area (Å²) in [6, 6.07) is 20.8. The Kier molecular flexibility index (Phi) is 7.33. The van der Waals surface area contributed by atoms with Gasteiger partial charge < -0.3 is 9.88 Å². The van der Waals surface area contributed by atoms with Crippen molar-refractivity contribution in [2.75, 3.05) is 13.1 Å². The van der Waals surface area contributed by atoms with E-state index in [2.05, 4.69) is 20.9 Å². The first-order chi connectivity index (χ1) is 16.8. The van der Waals surface area contributed by atoms with Crippen LogP contribution in [0.1, 0.15) is 40.9 Å². The normalized spacial score (nSPS) is 11.8. The summed E-state index contributed by atoms with van der Waals surface area (Å²) < 4.78 is 29.2. The summed E-state index contributed by atoms with van der Waals surface area (Å²) in [5, 5.41) is 2.92. The van der Waals surface area contributed by atoms with Crippen molar-refractivity contribution < 1.29 is 13.2 Å². The van der Waals surface area contributed by atoms with Gasteiger partial charge in [-0.1, -0.05) is 56.3 Å². The number of amides is 1. The lowest BCUT2D eigenvalue weighted by Gasteiger charge is -2.19. The molecule has 0 aliphatic carbocycles. The summed E-state index contributed by atoms with van der Waals surface area (Å²) in [5.74, 6) is -0.298. The number of hydrogen-bond acceptors (Lipinski definition) is 4. The zero-order valence-electron chi connectivity index (χ0n) is 20.2. The predicted octanol–water partition coefficient (Wildman–Crippen LogP) is 4.35. The van der Waals surface area contributed by atoms with Gasteiger partial charge in [0.15, 0.2) is 0 Å². The van der Waals surface area contributed by atoms with Gasteiger partial charge in [-0.15, -0.1) is 0 Å². The van der Waals surface area contributed by atoms with Gasteiger partial charge >= 0.3 is 0 Å². The second kappa shape index (κ2) is 10.4. The molecule has 4 rings (SSSR count). The number of rotatable bonds is 9. The quantitative estimate of drug-likeness (QED) is 0.378. The SMILES string of the molecule is CCN(CC)S(=O)(=O)c1ccc(C)c(C(=O)NCc2ccc(Cn3cnc4ccccc43)cc2)c1. The highest BCUT2D eigenvalue weighted by atomic mass is 32.2. The van der Waals surface area contributed by atoms with Gasteiger partial charge in [0, 0.05) is 31.7 Å². The molecule has 0 aliphatic rings. The molecule has 0 saturated heterocycles. The van der Waals surface area contributed by atoms with Crippen LogP contribution < -0.4 is 5.32 Å². The molecule has 182 valence electrons. The van der Waals surface area contributed by atoms with Crippen molar-refractivity contribution in [3.63, 3.8) is 0 Å². The summed E-state index contributed by atoms with van der Waals surface area (Å²) >= 11 is 0. The van der Waals surface area contributed by atoms with Crippen molar-refractivity contribution >= 4 is 27.0 Å². The molecule has 1 aromatic heterocycles. The van der Waals surface area contributed by atoms with Crippen molar-refractivity contribution in [2.45, 2.75) is 38.8 Å². The van der Waals surface area contributed by atoms with Crippen molar-refractivity contribution in [3.8, 4) is 0 Å². The van der Waals surface area contributed by atoms with Crippen molar-refractivity contribution in [1.29, 1.82) is 0 Å². The summed E-state index contributed by atoms with van der Waals surface area (Å²) in [5.41, 5.74) is 5.24. The second-order valence-corrected chi connectivity index (χ2v) is 10.4. The second-order valence-electron chi connectivity index (χ2n) is 8.43. The fourth-order valence-corrected chi connectivity index (χ4v) is 5.58. The van der Waals surface area contributed by atoms with E-state index in [1.807, 2.05) is 48.8 Å². The van der Waals surface area contributed by atoms with Crippen molar-refractivity contribution in [3.05, 3.63) is 95.3 Å². The van der Waals surface area contributed by atoms with Crippen molar-refractivity contribution in [1.82, 2.24) is 19.2 Å². The van der Waals surface area contributed by atoms with Gasteiger partial charge in [0.25, 0.3) is 5.91 Å². The third kappa shape index (κ3) is 5.28. The number of fused-ring (bicyclic) bond motifs is 1. The number of aryl methyl sites for hydroxylation is 1. The Morgan fingerprint density at radius 1 is 0.971 bits per heavy atom. The maximum atomic E-state index is 12.9. The minimum Gasteiger partial charge on any atom is -0.348 e. The summed E-state index contributed by atoms with van der Waals surface area (Å²) in [6.45, 7) is 7.21. The average Bonchev–Trinajstić information content (AvgIpc) is 3.27. The van der Waals surface area contributed by atoms with E-state index in [1.165, 1.54) is 10.4 Å². The van der Waals surface area contributed by atoms with Crippen LogP contribution in [0.2, 0.25) is 0 Å². The Morgan fingerprint density at radius 2 is 1.66 bits per heavy atom. The van der Waals surface area contributed by atoms with Gasteiger partial charge in [0.2, 0.25) is 10.0 Å². The highest BCUT2D eigenvalue weighted by Gasteiger charge is 2.23. The monoisotopic (exact) mass is 490 g/mol. The summed E-state index contributed by atoms with van der Waals surface area (Å²) in [4.78, 5) is 17.5. The van der Waals surface area contributed by atoms with Gasteiger partial charge in [-0.05, 0) is 47.9 Å². The van der Waals surface area contributed by atoms with E-state index < -0.39 is 10.0 Å². The highest BCUT2D eigenvalue weighted by molar-refractivity contribution is 7.89. The predicted molar refractivity (Wildman–Crippen MR) is 138 cm³/mol. The molecule has 0 saturated carbocycles. The molecule has 1 N–H and O–H groups in total. The van der Waals surface area contributed by atoms with Crippen LogP contribution in [0.4, 0.5) is 0 Å². The first-order valence-corrected chi connectivity index (χ1v) is 13.1. The molecular formula is C27H30N4O3S. The summed E-state index contributed by atoms with van der Waals surface area (Å²) in [7, 11) is -3.63. The lowest BCUT2D eigenvalue weighted by molar-refractivity contribution is 0.0950. The lowest BCUT2D eigenvalue weighted by Crippen LogP contribution is -2.31. The number of benzene rings is 3. The number of hydrogen-bond donors (Lipinski definition) is 1. The molecule has 0 unspecified atom stereocenters. The molecule has 0 spiro atoms. The van der Waals surface area contributed by atoms with Gasteiger partial charge in [0.05, 0.1) is 22.3 Å². The van der Waals surface area contributed by atoms with E-state index in [0.29, 0.717) is 31.7 Å². The number of para-hydroxylation sites is 2. The van der Waals surface area contributed by atoms with Crippen LogP contribution in [-0.4, -0.2) is 41.3 Å². The Labute approximate surface area is 206 Å². The van der Waals surface area contributed by atoms with E-state index in [9.17, 15) is 13.2 Å². The third-order valence-electron chi connectivity index (χ3n) is 6.15. The minimum absolute atomic E-state index is 0.133. The Balaban J connectivity index is 1.43. The number of sulfonamides is 1. The molecule has 7 nitrogen and oxygen atoms in total. The van der Waals surface area contributed by atoms with Crippen LogP contribution in [0.25, 0.3) is 11.0 Å². The molecule has 4 aromatic rings. The molecule has 0 bridgehead atoms. The third-order valence-corrected chi connectivity index (χ3v) is 8.20. The van der Waals surface area contributed by atoms with Crippen LogP contribution in [-0.2, 0) is 23.1 Å². The number of nitrogens with zero attached hydrogens (tertiary/aromatic N) is 3. The number of aromatic nitrogens is 2. The Bertz CT molecular complexity index is 1440. The first kappa shape index (κ1) is 24.6. The van der Waals surface area contributed by atoms with E-state index >= 15 is 0 Å². The summed E-state index contributed by atoms with van der Waals surface area (Å²) in [6.07, 6.45) is 1.84.